The Hall–Kier alpha value is -0.720. The molecule has 0 atom stereocenters. The fourth-order valence-electron chi connectivity index (χ4n) is 0.999. The van der Waals surface area contributed by atoms with E-state index in [1.165, 1.54) is 19.3 Å². The third-order valence-corrected chi connectivity index (χ3v) is 1.60. The summed E-state index contributed by atoms with van der Waals surface area (Å²) < 4.78 is 0. The molecule has 1 heteroatoms. The first kappa shape index (κ1) is 11.3. The molecule has 12 heavy (non-hydrogen) atoms. The van der Waals surface area contributed by atoms with Gasteiger partial charge in [-0.15, -0.1) is 0 Å². The highest BCUT2D eigenvalue weighted by atomic mass is 16.3. The summed E-state index contributed by atoms with van der Waals surface area (Å²) in [6.07, 6.45) is 8.34. The van der Waals surface area contributed by atoms with Crippen molar-refractivity contribution >= 4 is 0 Å². The molecule has 0 aromatic carbocycles. The van der Waals surface area contributed by atoms with E-state index in [1.807, 2.05) is 19.9 Å². The van der Waals surface area contributed by atoms with E-state index in [9.17, 15) is 5.11 Å². The van der Waals surface area contributed by atoms with Crippen LogP contribution in [0.4, 0.5) is 0 Å². The van der Waals surface area contributed by atoms with Crippen molar-refractivity contribution < 1.29 is 5.11 Å². The fourth-order valence-corrected chi connectivity index (χ4v) is 0.999. The average Bonchev–Trinajstić information content (AvgIpc) is 1.97. The SMILES string of the molecule is CCCCCC=C(O)C=C(C)C. The molecule has 1 N–H and O–H groups in total. The van der Waals surface area contributed by atoms with Gasteiger partial charge >= 0.3 is 0 Å². The van der Waals surface area contributed by atoms with Crippen molar-refractivity contribution in [2.75, 3.05) is 0 Å². The molecule has 0 saturated carbocycles. The molecular weight excluding hydrogens is 148 g/mol. The summed E-state index contributed by atoms with van der Waals surface area (Å²) in [4.78, 5) is 0. The van der Waals surface area contributed by atoms with Crippen molar-refractivity contribution in [2.45, 2.75) is 46.5 Å². The van der Waals surface area contributed by atoms with Gasteiger partial charge in [-0.3, -0.25) is 0 Å². The van der Waals surface area contributed by atoms with Gasteiger partial charge in [0, 0.05) is 0 Å². The average molecular weight is 168 g/mol. The van der Waals surface area contributed by atoms with E-state index in [2.05, 4.69) is 6.92 Å². The van der Waals surface area contributed by atoms with Crippen LogP contribution >= 0.6 is 0 Å². The second-order valence-corrected chi connectivity index (χ2v) is 3.35. The van der Waals surface area contributed by atoms with Crippen LogP contribution in [-0.4, -0.2) is 5.11 Å². The lowest BCUT2D eigenvalue weighted by Gasteiger charge is -1.94. The Morgan fingerprint density at radius 3 is 2.42 bits per heavy atom. The van der Waals surface area contributed by atoms with Gasteiger partial charge in [-0.2, -0.15) is 0 Å². The Morgan fingerprint density at radius 2 is 1.92 bits per heavy atom. The number of hydrogen-bond acceptors (Lipinski definition) is 1. The Labute approximate surface area is 75.8 Å². The van der Waals surface area contributed by atoms with Crippen molar-refractivity contribution in [3.05, 3.63) is 23.5 Å². The van der Waals surface area contributed by atoms with E-state index >= 15 is 0 Å². The Morgan fingerprint density at radius 1 is 1.25 bits per heavy atom. The molecule has 0 aliphatic heterocycles. The third kappa shape index (κ3) is 7.39. The first-order valence-corrected chi connectivity index (χ1v) is 4.70. The zero-order valence-corrected chi connectivity index (χ0v) is 8.43. The molecule has 0 aliphatic carbocycles. The first-order valence-electron chi connectivity index (χ1n) is 4.70. The minimum atomic E-state index is 0.408. The molecule has 0 spiro atoms. The number of hydrogen-bond donors (Lipinski definition) is 1. The predicted molar refractivity (Wildman–Crippen MR) is 54.3 cm³/mol. The smallest absolute Gasteiger partial charge is 0.111 e. The lowest BCUT2D eigenvalue weighted by molar-refractivity contribution is 0.428. The molecular formula is C11H20O. The van der Waals surface area contributed by atoms with E-state index in [1.54, 1.807) is 6.08 Å². The summed E-state index contributed by atoms with van der Waals surface area (Å²) in [6, 6.07) is 0. The molecule has 0 aromatic rings. The Kier molecular flexibility index (Phi) is 6.54. The minimum Gasteiger partial charge on any atom is -0.508 e. The lowest BCUT2D eigenvalue weighted by atomic mass is 10.2. The van der Waals surface area contributed by atoms with Crippen molar-refractivity contribution in [3.8, 4) is 0 Å². The summed E-state index contributed by atoms with van der Waals surface area (Å²) in [5, 5.41) is 9.30. The molecule has 0 rings (SSSR count). The van der Waals surface area contributed by atoms with Gasteiger partial charge in [-0.25, -0.2) is 0 Å². The second kappa shape index (κ2) is 6.96. The topological polar surface area (TPSA) is 20.2 Å². The highest BCUT2D eigenvalue weighted by molar-refractivity contribution is 5.14. The van der Waals surface area contributed by atoms with Crippen LogP contribution in [0.25, 0.3) is 0 Å². The van der Waals surface area contributed by atoms with Crippen molar-refractivity contribution in [3.63, 3.8) is 0 Å². The molecule has 0 radical (unpaired) electrons. The molecule has 1 nitrogen and oxygen atoms in total. The van der Waals surface area contributed by atoms with E-state index in [-0.39, 0.29) is 0 Å². The summed E-state index contributed by atoms with van der Waals surface area (Å²) in [7, 11) is 0. The van der Waals surface area contributed by atoms with Gasteiger partial charge in [0.05, 0.1) is 0 Å². The monoisotopic (exact) mass is 168 g/mol. The second-order valence-electron chi connectivity index (χ2n) is 3.35. The molecule has 0 fully saturated rings. The summed E-state index contributed by atoms with van der Waals surface area (Å²) in [5.74, 6) is 0.408. The number of aliphatic hydroxyl groups is 1. The summed E-state index contributed by atoms with van der Waals surface area (Å²) in [6.45, 7) is 6.14. The lowest BCUT2D eigenvalue weighted by Crippen LogP contribution is -1.78. The fraction of sp³-hybridized carbons (Fsp3) is 0.636. The maximum Gasteiger partial charge on any atom is 0.111 e. The van der Waals surface area contributed by atoms with Crippen molar-refractivity contribution in [1.82, 2.24) is 0 Å². The summed E-state index contributed by atoms with van der Waals surface area (Å²) in [5.41, 5.74) is 1.14. The van der Waals surface area contributed by atoms with Crippen molar-refractivity contribution in [1.29, 1.82) is 0 Å². The Bertz CT molecular complexity index is 162. The normalized spacial score (nSPS) is 11.4. The maximum absolute atomic E-state index is 9.30. The van der Waals surface area contributed by atoms with Crippen LogP contribution in [0.3, 0.4) is 0 Å². The zero-order chi connectivity index (χ0) is 9.40. The Balaban J connectivity index is 3.62. The highest BCUT2D eigenvalue weighted by Gasteiger charge is 1.87. The molecule has 0 bridgehead atoms. The van der Waals surface area contributed by atoms with Crippen LogP contribution in [0.5, 0.6) is 0 Å². The molecule has 0 heterocycles. The van der Waals surface area contributed by atoms with Gasteiger partial charge in [0.2, 0.25) is 0 Å². The van der Waals surface area contributed by atoms with Gasteiger partial charge in [0.15, 0.2) is 0 Å². The molecule has 0 aromatic heterocycles. The standard InChI is InChI=1S/C11H20O/c1-4-5-6-7-8-11(12)9-10(2)3/h8-9,12H,4-7H2,1-3H3. The van der Waals surface area contributed by atoms with Crippen LogP contribution < -0.4 is 0 Å². The van der Waals surface area contributed by atoms with Crippen LogP contribution in [0.2, 0.25) is 0 Å². The highest BCUT2D eigenvalue weighted by Crippen LogP contribution is 2.04. The number of allylic oxidation sites excluding steroid dienone is 3. The van der Waals surface area contributed by atoms with Gasteiger partial charge in [-0.05, 0) is 38.8 Å². The number of unbranched alkanes of at least 4 members (excludes halogenated alkanes) is 3. The molecule has 70 valence electrons. The molecule has 0 unspecified atom stereocenters. The van der Waals surface area contributed by atoms with Crippen LogP contribution in [0.15, 0.2) is 23.5 Å². The van der Waals surface area contributed by atoms with Gasteiger partial charge in [0.1, 0.15) is 5.76 Å². The third-order valence-electron chi connectivity index (χ3n) is 1.60. The van der Waals surface area contributed by atoms with Crippen molar-refractivity contribution in [2.24, 2.45) is 0 Å². The van der Waals surface area contributed by atoms with Crippen LogP contribution in [0.1, 0.15) is 46.5 Å². The van der Waals surface area contributed by atoms with E-state index < -0.39 is 0 Å². The van der Waals surface area contributed by atoms with E-state index in [0.717, 1.165) is 12.0 Å². The predicted octanol–water partition coefficient (Wildman–Crippen LogP) is 3.97. The van der Waals surface area contributed by atoms with E-state index in [4.69, 9.17) is 0 Å². The van der Waals surface area contributed by atoms with Crippen LogP contribution in [-0.2, 0) is 0 Å². The van der Waals surface area contributed by atoms with Crippen LogP contribution in [0, 0.1) is 0 Å². The molecule has 0 saturated heterocycles. The molecule has 0 amide bonds. The molecule has 0 aliphatic rings. The van der Waals surface area contributed by atoms with Gasteiger partial charge in [0.25, 0.3) is 0 Å². The minimum absolute atomic E-state index is 0.408. The zero-order valence-electron chi connectivity index (χ0n) is 8.43. The van der Waals surface area contributed by atoms with Gasteiger partial charge in [-0.1, -0.05) is 25.3 Å². The van der Waals surface area contributed by atoms with E-state index in [0.29, 0.717) is 5.76 Å². The quantitative estimate of drug-likeness (QED) is 0.374. The largest absolute Gasteiger partial charge is 0.508 e. The number of rotatable bonds is 5. The number of aliphatic hydroxyl groups excluding tert-OH is 1. The van der Waals surface area contributed by atoms with Gasteiger partial charge < -0.3 is 5.11 Å². The first-order chi connectivity index (χ1) is 5.66. The summed E-state index contributed by atoms with van der Waals surface area (Å²) >= 11 is 0. The maximum atomic E-state index is 9.30.